The van der Waals surface area contributed by atoms with Crippen LogP contribution in [0.4, 0.5) is 10.5 Å². The van der Waals surface area contributed by atoms with E-state index < -0.39 is 28.4 Å². The summed E-state index contributed by atoms with van der Waals surface area (Å²) in [6.45, 7) is -0.180. The van der Waals surface area contributed by atoms with Gasteiger partial charge in [-0.05, 0) is 6.07 Å². The van der Waals surface area contributed by atoms with Gasteiger partial charge in [0.2, 0.25) is 5.75 Å². The lowest BCUT2D eigenvalue weighted by molar-refractivity contribution is -0.385. The third kappa shape index (κ3) is 3.84. The maximum absolute atomic E-state index is 11.6. The van der Waals surface area contributed by atoms with Crippen LogP contribution in [0.15, 0.2) is 18.2 Å². The molecule has 4 N–H and O–H groups in total. The first-order valence-electron chi connectivity index (χ1n) is 5.10. The number of nitro benzene ring substituents is 1. The fourth-order valence-electron chi connectivity index (χ4n) is 1.27. The summed E-state index contributed by atoms with van der Waals surface area (Å²) in [6.07, 6.45) is -0.979. The maximum atomic E-state index is 11.6. The van der Waals surface area contributed by atoms with E-state index in [4.69, 9.17) is 5.73 Å². The van der Waals surface area contributed by atoms with Crippen molar-refractivity contribution in [2.75, 3.05) is 13.2 Å². The molecule has 9 nitrogen and oxygen atoms in total. The lowest BCUT2D eigenvalue weighted by Gasteiger charge is -2.06. The van der Waals surface area contributed by atoms with Gasteiger partial charge in [0.05, 0.1) is 17.0 Å². The molecule has 0 unspecified atom stereocenters. The van der Waals surface area contributed by atoms with E-state index in [2.05, 4.69) is 10.1 Å². The molecular formula is C10H11N3O6. The normalized spacial score (nSPS) is 9.68. The number of hydrogen-bond donors (Lipinski definition) is 3. The Morgan fingerprint density at radius 1 is 1.47 bits per heavy atom. The van der Waals surface area contributed by atoms with Crippen molar-refractivity contribution in [1.82, 2.24) is 5.32 Å². The van der Waals surface area contributed by atoms with Gasteiger partial charge >= 0.3 is 11.8 Å². The number of carbonyl (C=O) groups is 2. The van der Waals surface area contributed by atoms with Crippen LogP contribution in [-0.2, 0) is 4.74 Å². The van der Waals surface area contributed by atoms with E-state index in [9.17, 15) is 24.8 Å². The number of nitro groups is 1. The number of aromatic hydroxyl groups is 1. The molecule has 0 aromatic heterocycles. The van der Waals surface area contributed by atoms with Crippen molar-refractivity contribution in [2.24, 2.45) is 5.73 Å². The van der Waals surface area contributed by atoms with Gasteiger partial charge in [0.25, 0.3) is 5.91 Å². The van der Waals surface area contributed by atoms with Gasteiger partial charge in [-0.15, -0.1) is 0 Å². The van der Waals surface area contributed by atoms with E-state index in [-0.39, 0.29) is 18.7 Å². The molecule has 0 aliphatic heterocycles. The summed E-state index contributed by atoms with van der Waals surface area (Å²) < 4.78 is 4.37. The third-order valence-electron chi connectivity index (χ3n) is 2.09. The van der Waals surface area contributed by atoms with Crippen LogP contribution in [0, 0.1) is 10.1 Å². The number of carbonyl (C=O) groups excluding carboxylic acids is 2. The number of rotatable bonds is 5. The predicted octanol–water partition coefficient (Wildman–Crippen LogP) is 0.126. The first-order valence-corrected chi connectivity index (χ1v) is 5.10. The molecule has 2 amide bonds. The zero-order valence-electron chi connectivity index (χ0n) is 9.66. The van der Waals surface area contributed by atoms with Crippen molar-refractivity contribution in [2.45, 2.75) is 0 Å². The maximum Gasteiger partial charge on any atom is 0.404 e. The Morgan fingerprint density at radius 3 is 2.74 bits per heavy atom. The molecule has 19 heavy (non-hydrogen) atoms. The van der Waals surface area contributed by atoms with Crippen LogP contribution in [0.3, 0.4) is 0 Å². The van der Waals surface area contributed by atoms with Crippen LogP contribution in [0.1, 0.15) is 10.4 Å². The summed E-state index contributed by atoms with van der Waals surface area (Å²) in [5.74, 6) is -1.45. The van der Waals surface area contributed by atoms with Gasteiger partial charge in [-0.3, -0.25) is 14.9 Å². The van der Waals surface area contributed by atoms with E-state index >= 15 is 0 Å². The standard InChI is InChI=1S/C10H11N3O6/c11-10(16)19-5-4-12-9(15)6-2-1-3-7(8(6)14)13(17)18/h1-3,14H,4-5H2,(H2,11,16)(H,12,15). The van der Waals surface area contributed by atoms with E-state index in [1.54, 1.807) is 0 Å². The summed E-state index contributed by atoms with van der Waals surface area (Å²) in [4.78, 5) is 31.7. The highest BCUT2D eigenvalue weighted by atomic mass is 16.6. The largest absolute Gasteiger partial charge is 0.502 e. The Bertz CT molecular complexity index is 516. The summed E-state index contributed by atoms with van der Waals surface area (Å²) in [5.41, 5.74) is 3.90. The number of amides is 2. The SMILES string of the molecule is NC(=O)OCCNC(=O)c1cccc([N+](=O)[O-])c1O. The van der Waals surface area contributed by atoms with E-state index in [1.165, 1.54) is 12.1 Å². The van der Waals surface area contributed by atoms with E-state index in [1.807, 2.05) is 0 Å². The Labute approximate surface area is 107 Å². The molecule has 0 bridgehead atoms. The Balaban J connectivity index is 2.70. The zero-order valence-corrected chi connectivity index (χ0v) is 9.66. The topological polar surface area (TPSA) is 145 Å². The van der Waals surface area contributed by atoms with Gasteiger partial charge in [0.15, 0.2) is 0 Å². The molecule has 9 heteroatoms. The predicted molar refractivity (Wildman–Crippen MR) is 62.6 cm³/mol. The summed E-state index contributed by atoms with van der Waals surface area (Å²) in [6, 6.07) is 3.57. The van der Waals surface area contributed by atoms with Crippen LogP contribution in [0.2, 0.25) is 0 Å². The van der Waals surface area contributed by atoms with Crippen molar-refractivity contribution >= 4 is 17.7 Å². The molecule has 0 heterocycles. The highest BCUT2D eigenvalue weighted by Gasteiger charge is 2.20. The quantitative estimate of drug-likeness (QED) is 0.393. The summed E-state index contributed by atoms with van der Waals surface area (Å²) >= 11 is 0. The second kappa shape index (κ2) is 6.19. The van der Waals surface area contributed by atoms with Gasteiger partial charge in [0.1, 0.15) is 6.61 Å². The van der Waals surface area contributed by atoms with Crippen molar-refractivity contribution in [3.63, 3.8) is 0 Å². The number of hydrogen-bond acceptors (Lipinski definition) is 6. The smallest absolute Gasteiger partial charge is 0.404 e. The number of ether oxygens (including phenoxy) is 1. The third-order valence-corrected chi connectivity index (χ3v) is 2.09. The number of primary amides is 1. The van der Waals surface area contributed by atoms with Crippen molar-refractivity contribution in [3.05, 3.63) is 33.9 Å². The molecule has 0 spiro atoms. The minimum absolute atomic E-state index is 0.0378. The number of benzene rings is 1. The monoisotopic (exact) mass is 269 g/mol. The average molecular weight is 269 g/mol. The number of phenolic OH excluding ortho intramolecular Hbond substituents is 1. The van der Waals surface area contributed by atoms with Gasteiger partial charge in [-0.25, -0.2) is 4.79 Å². The molecule has 0 atom stereocenters. The van der Waals surface area contributed by atoms with Crippen LogP contribution < -0.4 is 11.1 Å². The molecule has 0 saturated carbocycles. The summed E-state index contributed by atoms with van der Waals surface area (Å²) in [5, 5.41) is 22.4. The first kappa shape index (κ1) is 14.2. The molecule has 0 fully saturated rings. The Hall–Kier alpha value is -2.84. The molecule has 0 radical (unpaired) electrons. The van der Waals surface area contributed by atoms with Crippen molar-refractivity contribution < 1.29 is 24.4 Å². The van der Waals surface area contributed by atoms with Gasteiger partial charge < -0.3 is 20.9 Å². The number of para-hydroxylation sites is 1. The minimum atomic E-state index is -0.979. The van der Waals surface area contributed by atoms with Crippen LogP contribution >= 0.6 is 0 Å². The molecule has 0 aliphatic carbocycles. The minimum Gasteiger partial charge on any atom is -0.502 e. The zero-order chi connectivity index (χ0) is 14.4. The van der Waals surface area contributed by atoms with Crippen molar-refractivity contribution in [1.29, 1.82) is 0 Å². The number of phenols is 1. The highest BCUT2D eigenvalue weighted by molar-refractivity contribution is 5.98. The molecular weight excluding hydrogens is 258 g/mol. The van der Waals surface area contributed by atoms with Gasteiger partial charge in [-0.2, -0.15) is 0 Å². The molecule has 1 aromatic rings. The second-order valence-electron chi connectivity index (χ2n) is 3.35. The molecule has 1 rings (SSSR count). The van der Waals surface area contributed by atoms with Crippen molar-refractivity contribution in [3.8, 4) is 5.75 Å². The molecule has 0 aliphatic rings. The lowest BCUT2D eigenvalue weighted by Crippen LogP contribution is -2.29. The van der Waals surface area contributed by atoms with Crippen LogP contribution in [0.5, 0.6) is 5.75 Å². The number of nitrogens with zero attached hydrogens (tertiary/aromatic N) is 1. The lowest BCUT2D eigenvalue weighted by atomic mass is 10.1. The van der Waals surface area contributed by atoms with Gasteiger partial charge in [-0.1, -0.05) is 6.07 Å². The Kier molecular flexibility index (Phi) is 4.63. The first-order chi connectivity index (χ1) is 8.93. The Morgan fingerprint density at radius 2 is 2.16 bits per heavy atom. The fraction of sp³-hybridized carbons (Fsp3) is 0.200. The highest BCUT2D eigenvalue weighted by Crippen LogP contribution is 2.28. The average Bonchev–Trinajstić information content (AvgIpc) is 2.34. The van der Waals surface area contributed by atoms with Crippen LogP contribution in [-0.4, -0.2) is 35.2 Å². The number of nitrogens with one attached hydrogen (secondary N) is 1. The van der Waals surface area contributed by atoms with E-state index in [0.717, 1.165) is 6.07 Å². The molecule has 102 valence electrons. The van der Waals surface area contributed by atoms with E-state index in [0.29, 0.717) is 0 Å². The number of nitrogens with two attached hydrogens (primary N) is 1. The van der Waals surface area contributed by atoms with Crippen LogP contribution in [0.25, 0.3) is 0 Å². The van der Waals surface area contributed by atoms with Gasteiger partial charge in [0, 0.05) is 6.07 Å². The molecule has 0 saturated heterocycles. The fourth-order valence-corrected chi connectivity index (χ4v) is 1.27. The molecule has 1 aromatic carbocycles. The summed E-state index contributed by atoms with van der Waals surface area (Å²) in [7, 11) is 0. The second-order valence-corrected chi connectivity index (χ2v) is 3.35.